The first-order valence-electron chi connectivity index (χ1n) is 5.34. The lowest BCUT2D eigenvalue weighted by Gasteiger charge is -2.17. The molecule has 0 aromatic heterocycles. The molecule has 0 amide bonds. The number of para-hydroxylation sites is 2. The first kappa shape index (κ1) is 10.8. The monoisotopic (exact) mass is 221 g/mol. The summed E-state index contributed by atoms with van der Waals surface area (Å²) in [4.78, 5) is 11.1. The van der Waals surface area contributed by atoms with Crippen LogP contribution in [0.4, 0.5) is 5.69 Å². The average Bonchev–Trinajstić information content (AvgIpc) is 3.10. The Labute approximate surface area is 94.2 Å². The van der Waals surface area contributed by atoms with Crippen LogP contribution in [0.1, 0.15) is 12.8 Å². The van der Waals surface area contributed by atoms with Crippen LogP contribution in [0.25, 0.3) is 0 Å². The minimum absolute atomic E-state index is 0.252. The zero-order chi connectivity index (χ0) is 11.5. The van der Waals surface area contributed by atoms with Crippen LogP contribution in [0.2, 0.25) is 0 Å². The molecule has 0 heterocycles. The van der Waals surface area contributed by atoms with E-state index in [1.165, 1.54) is 0 Å². The van der Waals surface area contributed by atoms with Gasteiger partial charge >= 0.3 is 5.97 Å². The van der Waals surface area contributed by atoms with Crippen molar-refractivity contribution in [3.8, 4) is 5.75 Å². The second-order valence-electron chi connectivity index (χ2n) is 4.00. The maximum absolute atomic E-state index is 11.1. The molecule has 2 N–H and O–H groups in total. The normalized spacial score (nSPS) is 16.6. The van der Waals surface area contributed by atoms with Crippen LogP contribution in [0.15, 0.2) is 24.3 Å². The predicted molar refractivity (Wildman–Crippen MR) is 60.8 cm³/mol. The number of benzene rings is 1. The molecule has 1 aromatic rings. The van der Waals surface area contributed by atoms with E-state index in [2.05, 4.69) is 5.32 Å². The SMILES string of the molecule is COc1ccccc1NC(C(=O)O)C1CC1. The van der Waals surface area contributed by atoms with Crippen molar-refractivity contribution in [3.05, 3.63) is 24.3 Å². The fraction of sp³-hybridized carbons (Fsp3) is 0.417. The molecule has 86 valence electrons. The van der Waals surface area contributed by atoms with Gasteiger partial charge < -0.3 is 15.2 Å². The number of ether oxygens (including phenoxy) is 1. The number of aliphatic carboxylic acids is 1. The van der Waals surface area contributed by atoms with Gasteiger partial charge in [-0.3, -0.25) is 0 Å². The van der Waals surface area contributed by atoms with Gasteiger partial charge in [0.05, 0.1) is 12.8 Å². The number of nitrogens with one attached hydrogen (secondary N) is 1. The second kappa shape index (κ2) is 4.43. The van der Waals surface area contributed by atoms with Crippen molar-refractivity contribution in [1.29, 1.82) is 0 Å². The molecule has 0 spiro atoms. The van der Waals surface area contributed by atoms with Gasteiger partial charge in [-0.15, -0.1) is 0 Å². The fourth-order valence-corrected chi connectivity index (χ4v) is 1.74. The van der Waals surface area contributed by atoms with Gasteiger partial charge in [0.25, 0.3) is 0 Å². The van der Waals surface area contributed by atoms with Crippen LogP contribution in [-0.2, 0) is 4.79 Å². The second-order valence-corrected chi connectivity index (χ2v) is 4.00. The van der Waals surface area contributed by atoms with E-state index in [1.54, 1.807) is 7.11 Å². The van der Waals surface area contributed by atoms with E-state index in [4.69, 9.17) is 9.84 Å². The van der Waals surface area contributed by atoms with Gasteiger partial charge in [0.2, 0.25) is 0 Å². The van der Waals surface area contributed by atoms with Crippen molar-refractivity contribution in [2.24, 2.45) is 5.92 Å². The molecule has 0 bridgehead atoms. The smallest absolute Gasteiger partial charge is 0.326 e. The fourth-order valence-electron chi connectivity index (χ4n) is 1.74. The Morgan fingerprint density at radius 2 is 2.19 bits per heavy atom. The van der Waals surface area contributed by atoms with Gasteiger partial charge in [0.1, 0.15) is 11.8 Å². The minimum atomic E-state index is -0.798. The van der Waals surface area contributed by atoms with Gasteiger partial charge in [-0.2, -0.15) is 0 Å². The lowest BCUT2D eigenvalue weighted by molar-refractivity contribution is -0.138. The van der Waals surface area contributed by atoms with Crippen molar-refractivity contribution in [2.45, 2.75) is 18.9 Å². The molecule has 1 saturated carbocycles. The number of methoxy groups -OCH3 is 1. The molecular weight excluding hydrogens is 206 g/mol. The van der Waals surface area contributed by atoms with Crippen LogP contribution < -0.4 is 10.1 Å². The Morgan fingerprint density at radius 1 is 1.50 bits per heavy atom. The molecule has 0 aliphatic heterocycles. The summed E-state index contributed by atoms with van der Waals surface area (Å²) in [5, 5.41) is 12.1. The number of anilines is 1. The Hall–Kier alpha value is -1.71. The molecule has 0 radical (unpaired) electrons. The van der Waals surface area contributed by atoms with E-state index in [-0.39, 0.29) is 5.92 Å². The Balaban J connectivity index is 2.14. The largest absolute Gasteiger partial charge is 0.495 e. The van der Waals surface area contributed by atoms with Crippen molar-refractivity contribution in [3.63, 3.8) is 0 Å². The first-order valence-corrected chi connectivity index (χ1v) is 5.34. The molecule has 2 rings (SSSR count). The lowest BCUT2D eigenvalue weighted by Crippen LogP contribution is -2.31. The highest BCUT2D eigenvalue weighted by molar-refractivity contribution is 5.79. The van der Waals surface area contributed by atoms with Crippen LogP contribution in [0.5, 0.6) is 5.75 Å². The summed E-state index contributed by atoms with van der Waals surface area (Å²) in [5.74, 6) is 0.130. The first-order chi connectivity index (χ1) is 7.72. The van der Waals surface area contributed by atoms with Crippen LogP contribution in [0, 0.1) is 5.92 Å². The van der Waals surface area contributed by atoms with Crippen molar-refractivity contribution in [2.75, 3.05) is 12.4 Å². The Morgan fingerprint density at radius 3 is 2.75 bits per heavy atom. The predicted octanol–water partition coefficient (Wildman–Crippen LogP) is 1.97. The molecule has 1 aliphatic carbocycles. The standard InChI is InChI=1S/C12H15NO3/c1-16-10-5-3-2-4-9(10)13-11(12(14)15)8-6-7-8/h2-5,8,11,13H,6-7H2,1H3,(H,14,15). The van der Waals surface area contributed by atoms with E-state index >= 15 is 0 Å². The summed E-state index contributed by atoms with van der Waals surface area (Å²) in [7, 11) is 1.58. The van der Waals surface area contributed by atoms with Crippen LogP contribution in [0.3, 0.4) is 0 Å². The van der Waals surface area contributed by atoms with Crippen molar-refractivity contribution in [1.82, 2.24) is 0 Å². The summed E-state index contributed by atoms with van der Waals surface area (Å²) in [6, 6.07) is 6.86. The van der Waals surface area contributed by atoms with E-state index in [0.29, 0.717) is 5.75 Å². The molecule has 1 fully saturated rings. The molecule has 4 heteroatoms. The number of hydrogen-bond acceptors (Lipinski definition) is 3. The van der Waals surface area contributed by atoms with Gasteiger partial charge in [-0.1, -0.05) is 12.1 Å². The quantitative estimate of drug-likeness (QED) is 0.798. The molecule has 1 unspecified atom stereocenters. The molecule has 0 saturated heterocycles. The summed E-state index contributed by atoms with van der Waals surface area (Å²) >= 11 is 0. The van der Waals surface area contributed by atoms with E-state index in [1.807, 2.05) is 24.3 Å². The molecule has 1 atom stereocenters. The number of carboxylic acids is 1. The summed E-state index contributed by atoms with van der Waals surface area (Å²) in [6.45, 7) is 0. The number of carboxylic acid groups (broad SMARTS) is 1. The highest BCUT2D eigenvalue weighted by Gasteiger charge is 2.36. The molecule has 1 aliphatic rings. The third-order valence-corrected chi connectivity index (χ3v) is 2.78. The van der Waals surface area contributed by atoms with E-state index in [9.17, 15) is 4.79 Å². The number of carbonyl (C=O) groups is 1. The highest BCUT2D eigenvalue weighted by atomic mass is 16.5. The van der Waals surface area contributed by atoms with Gasteiger partial charge in [0.15, 0.2) is 0 Å². The third-order valence-electron chi connectivity index (χ3n) is 2.78. The Kier molecular flexibility index (Phi) is 2.99. The topological polar surface area (TPSA) is 58.6 Å². The highest BCUT2D eigenvalue weighted by Crippen LogP contribution is 2.35. The van der Waals surface area contributed by atoms with Gasteiger partial charge in [-0.05, 0) is 30.9 Å². The van der Waals surface area contributed by atoms with Gasteiger partial charge in [0, 0.05) is 0 Å². The van der Waals surface area contributed by atoms with Crippen molar-refractivity contribution < 1.29 is 14.6 Å². The summed E-state index contributed by atoms with van der Waals surface area (Å²) in [6.07, 6.45) is 1.97. The maximum Gasteiger partial charge on any atom is 0.326 e. The third kappa shape index (κ3) is 2.27. The molecule has 16 heavy (non-hydrogen) atoms. The van der Waals surface area contributed by atoms with Gasteiger partial charge in [-0.25, -0.2) is 4.79 Å². The van der Waals surface area contributed by atoms with E-state index < -0.39 is 12.0 Å². The van der Waals surface area contributed by atoms with Crippen LogP contribution >= 0.6 is 0 Å². The average molecular weight is 221 g/mol. The zero-order valence-corrected chi connectivity index (χ0v) is 9.14. The molecule has 1 aromatic carbocycles. The van der Waals surface area contributed by atoms with Crippen LogP contribution in [-0.4, -0.2) is 24.2 Å². The minimum Gasteiger partial charge on any atom is -0.495 e. The molecule has 4 nitrogen and oxygen atoms in total. The molecular formula is C12H15NO3. The lowest BCUT2D eigenvalue weighted by atomic mass is 10.1. The van der Waals surface area contributed by atoms with Crippen molar-refractivity contribution >= 4 is 11.7 Å². The van der Waals surface area contributed by atoms with E-state index in [0.717, 1.165) is 18.5 Å². The maximum atomic E-state index is 11.1. The number of hydrogen-bond donors (Lipinski definition) is 2. The summed E-state index contributed by atoms with van der Waals surface area (Å²) < 4.78 is 5.17. The summed E-state index contributed by atoms with van der Waals surface area (Å²) in [5.41, 5.74) is 0.740. The zero-order valence-electron chi connectivity index (χ0n) is 9.14. The Bertz CT molecular complexity index is 388. The number of rotatable bonds is 5.